The molecule has 0 unspecified atom stereocenters. The molecule has 114 valence electrons. The Kier molecular flexibility index (Phi) is 4.92. The summed E-state index contributed by atoms with van der Waals surface area (Å²) in [6.45, 7) is 0.828. The van der Waals surface area contributed by atoms with E-state index in [1.54, 1.807) is 0 Å². The molecule has 7 nitrogen and oxygen atoms in total. The van der Waals surface area contributed by atoms with Crippen LogP contribution in [0.4, 0.5) is 5.00 Å². The van der Waals surface area contributed by atoms with Gasteiger partial charge in [0.1, 0.15) is 5.00 Å². The first-order chi connectivity index (χ1) is 10.0. The second-order valence-corrected chi connectivity index (χ2v) is 5.95. The highest BCUT2D eigenvalue weighted by atomic mass is 32.1. The second-order valence-electron chi connectivity index (χ2n) is 4.84. The van der Waals surface area contributed by atoms with Gasteiger partial charge in [0.05, 0.1) is 18.7 Å². The van der Waals surface area contributed by atoms with Gasteiger partial charge in [0.25, 0.3) is 5.91 Å². The number of hydrogen-bond acceptors (Lipinski definition) is 4. The number of quaternary nitrogens is 1. The van der Waals surface area contributed by atoms with Gasteiger partial charge in [-0.25, -0.2) is 0 Å². The number of amides is 3. The summed E-state index contributed by atoms with van der Waals surface area (Å²) in [4.78, 5) is 36.1. The first-order valence-electron chi connectivity index (χ1n) is 6.87. The maximum absolute atomic E-state index is 11.8. The molecule has 21 heavy (non-hydrogen) atoms. The standard InChI is InChI=1S/C13H18N4O3S/c14-5-6-16-11(19)12(20)17-13-9(10(15)18)7-3-1-2-4-8(7)21-13/h1-6,14H2,(H2,15,18)(H,16,19)(H,17,20)/p+1. The maximum atomic E-state index is 11.8. The SMILES string of the molecule is NC(=O)c1c(NC(=O)C(=O)NCC[NH3+])sc2c1CCCC2. The van der Waals surface area contributed by atoms with Gasteiger partial charge < -0.3 is 22.1 Å². The van der Waals surface area contributed by atoms with Gasteiger partial charge in [-0.3, -0.25) is 14.4 Å². The van der Waals surface area contributed by atoms with Crippen molar-refractivity contribution in [1.29, 1.82) is 0 Å². The number of fused-ring (bicyclic) bond motifs is 1. The Labute approximate surface area is 126 Å². The van der Waals surface area contributed by atoms with E-state index in [4.69, 9.17) is 5.73 Å². The highest BCUT2D eigenvalue weighted by Crippen LogP contribution is 2.37. The summed E-state index contributed by atoms with van der Waals surface area (Å²) in [5, 5.41) is 5.32. The molecule has 0 fully saturated rings. The molecular weight excluding hydrogens is 292 g/mol. The van der Waals surface area contributed by atoms with Gasteiger partial charge in [0.2, 0.25) is 0 Å². The van der Waals surface area contributed by atoms with Crippen molar-refractivity contribution in [1.82, 2.24) is 5.32 Å². The van der Waals surface area contributed by atoms with Crippen LogP contribution in [0.15, 0.2) is 0 Å². The molecule has 3 amide bonds. The molecule has 1 aromatic rings. The summed E-state index contributed by atoms with van der Waals surface area (Å²) in [6, 6.07) is 0. The number of rotatable bonds is 4. The third-order valence-electron chi connectivity index (χ3n) is 3.31. The minimum atomic E-state index is -0.787. The van der Waals surface area contributed by atoms with Crippen LogP contribution in [0.5, 0.6) is 0 Å². The van der Waals surface area contributed by atoms with Gasteiger partial charge in [-0.15, -0.1) is 11.3 Å². The number of nitrogens with one attached hydrogen (secondary N) is 2. The van der Waals surface area contributed by atoms with Crippen molar-refractivity contribution in [3.8, 4) is 0 Å². The normalized spacial score (nSPS) is 13.4. The molecule has 0 spiro atoms. The monoisotopic (exact) mass is 311 g/mol. The molecule has 0 radical (unpaired) electrons. The van der Waals surface area contributed by atoms with Crippen molar-refractivity contribution >= 4 is 34.1 Å². The van der Waals surface area contributed by atoms with Crippen LogP contribution in [0.3, 0.4) is 0 Å². The van der Waals surface area contributed by atoms with E-state index < -0.39 is 17.7 Å². The van der Waals surface area contributed by atoms with E-state index in [9.17, 15) is 14.4 Å². The second kappa shape index (κ2) is 6.68. The van der Waals surface area contributed by atoms with E-state index in [0.29, 0.717) is 23.7 Å². The van der Waals surface area contributed by atoms with Gasteiger partial charge >= 0.3 is 11.8 Å². The topological polar surface area (TPSA) is 129 Å². The molecule has 0 aromatic carbocycles. The molecule has 0 atom stereocenters. The number of carbonyl (C=O) groups excluding carboxylic acids is 3. The molecule has 0 saturated carbocycles. The van der Waals surface area contributed by atoms with Crippen LogP contribution in [0.25, 0.3) is 0 Å². The molecule has 0 bridgehead atoms. The lowest BCUT2D eigenvalue weighted by molar-refractivity contribution is -0.364. The number of thiophene rings is 1. The first-order valence-corrected chi connectivity index (χ1v) is 7.69. The van der Waals surface area contributed by atoms with Crippen LogP contribution in [0, 0.1) is 0 Å². The van der Waals surface area contributed by atoms with Gasteiger partial charge in [-0.2, -0.15) is 0 Å². The van der Waals surface area contributed by atoms with Gasteiger partial charge in [-0.1, -0.05) is 0 Å². The zero-order chi connectivity index (χ0) is 15.4. The zero-order valence-corrected chi connectivity index (χ0v) is 12.5. The first kappa shape index (κ1) is 15.5. The van der Waals surface area contributed by atoms with Crippen molar-refractivity contribution in [3.05, 3.63) is 16.0 Å². The predicted molar refractivity (Wildman–Crippen MR) is 78.9 cm³/mol. The fourth-order valence-corrected chi connectivity index (χ4v) is 3.65. The van der Waals surface area contributed by atoms with Crippen molar-refractivity contribution in [2.75, 3.05) is 18.4 Å². The third-order valence-corrected chi connectivity index (χ3v) is 4.52. The van der Waals surface area contributed by atoms with Crippen LogP contribution >= 0.6 is 11.3 Å². The smallest absolute Gasteiger partial charge is 0.314 e. The Hall–Kier alpha value is -1.93. The molecule has 0 saturated heterocycles. The summed E-state index contributed by atoms with van der Waals surface area (Å²) in [6.07, 6.45) is 3.72. The van der Waals surface area contributed by atoms with Gasteiger partial charge in [-0.05, 0) is 31.2 Å². The van der Waals surface area contributed by atoms with Crippen molar-refractivity contribution in [3.63, 3.8) is 0 Å². The number of hydrogen-bond donors (Lipinski definition) is 4. The largest absolute Gasteiger partial charge is 0.365 e. The molecule has 1 heterocycles. The van der Waals surface area contributed by atoms with Crippen LogP contribution < -0.4 is 22.1 Å². The van der Waals surface area contributed by atoms with Crippen molar-refractivity contribution < 1.29 is 20.1 Å². The zero-order valence-electron chi connectivity index (χ0n) is 11.7. The lowest BCUT2D eigenvalue weighted by Crippen LogP contribution is -2.55. The Morgan fingerprint density at radius 2 is 1.90 bits per heavy atom. The molecule has 1 aromatic heterocycles. The fraction of sp³-hybridized carbons (Fsp3) is 0.462. The number of nitrogens with two attached hydrogens (primary N) is 1. The van der Waals surface area contributed by atoms with E-state index >= 15 is 0 Å². The van der Waals surface area contributed by atoms with Crippen LogP contribution in [-0.4, -0.2) is 30.8 Å². The minimum Gasteiger partial charge on any atom is -0.365 e. The fourth-order valence-electron chi connectivity index (χ4n) is 2.36. The lowest BCUT2D eigenvalue weighted by atomic mass is 9.95. The molecule has 8 heteroatoms. The van der Waals surface area contributed by atoms with Gasteiger partial charge in [0, 0.05) is 4.88 Å². The summed E-state index contributed by atoms with van der Waals surface area (Å²) in [7, 11) is 0. The quantitative estimate of drug-likeness (QED) is 0.533. The number of anilines is 1. The third kappa shape index (κ3) is 3.40. The van der Waals surface area contributed by atoms with Crippen LogP contribution in [-0.2, 0) is 22.4 Å². The van der Waals surface area contributed by atoms with E-state index in [1.165, 1.54) is 11.3 Å². The molecule has 1 aliphatic carbocycles. The van der Waals surface area contributed by atoms with E-state index in [-0.39, 0.29) is 0 Å². The lowest BCUT2D eigenvalue weighted by Gasteiger charge is -2.11. The van der Waals surface area contributed by atoms with E-state index in [1.807, 2.05) is 0 Å². The highest BCUT2D eigenvalue weighted by molar-refractivity contribution is 7.17. The Bertz CT molecular complexity index is 582. The Balaban J connectivity index is 2.20. The van der Waals surface area contributed by atoms with Gasteiger partial charge in [0.15, 0.2) is 0 Å². The average Bonchev–Trinajstić information content (AvgIpc) is 2.82. The minimum absolute atomic E-state index is 0.329. The highest BCUT2D eigenvalue weighted by Gasteiger charge is 2.26. The summed E-state index contributed by atoms with van der Waals surface area (Å²) >= 11 is 1.33. The number of carbonyl (C=O) groups is 3. The predicted octanol–water partition coefficient (Wildman–Crippen LogP) is -0.978. The van der Waals surface area contributed by atoms with Crippen molar-refractivity contribution in [2.45, 2.75) is 25.7 Å². The number of aryl methyl sites for hydroxylation is 1. The van der Waals surface area contributed by atoms with Crippen LogP contribution in [0.2, 0.25) is 0 Å². The maximum Gasteiger partial charge on any atom is 0.314 e. The Morgan fingerprint density at radius 3 is 2.57 bits per heavy atom. The summed E-state index contributed by atoms with van der Waals surface area (Å²) < 4.78 is 0. The average molecular weight is 311 g/mol. The Morgan fingerprint density at radius 1 is 1.19 bits per heavy atom. The molecule has 0 aliphatic heterocycles. The molecule has 1 aliphatic rings. The van der Waals surface area contributed by atoms with E-state index in [0.717, 1.165) is 36.1 Å². The summed E-state index contributed by atoms with van der Waals surface area (Å²) in [5.41, 5.74) is 10.3. The number of primary amides is 1. The molecular formula is C13H19N4O3S+. The molecule has 2 rings (SSSR count). The summed E-state index contributed by atoms with van der Waals surface area (Å²) in [5.74, 6) is -2.09. The van der Waals surface area contributed by atoms with Crippen molar-refractivity contribution in [2.24, 2.45) is 5.73 Å². The van der Waals surface area contributed by atoms with E-state index in [2.05, 4.69) is 16.4 Å². The van der Waals surface area contributed by atoms with Crippen LogP contribution in [0.1, 0.15) is 33.6 Å². The molecule has 7 N–H and O–H groups in total.